The molecule has 120 valence electrons. The van der Waals surface area contributed by atoms with E-state index in [1.54, 1.807) is 0 Å². The van der Waals surface area contributed by atoms with Crippen LogP contribution in [0.4, 0.5) is 4.79 Å². The third-order valence-corrected chi connectivity index (χ3v) is 2.68. The second-order valence-corrected chi connectivity index (χ2v) is 6.02. The van der Waals surface area contributed by atoms with Crippen LogP contribution in [0.5, 0.6) is 0 Å². The van der Waals surface area contributed by atoms with Gasteiger partial charge in [-0.3, -0.25) is 0 Å². The van der Waals surface area contributed by atoms with E-state index in [1.807, 2.05) is 20.8 Å². The minimum atomic E-state index is -1.34. The molecule has 0 aromatic heterocycles. The second-order valence-electron chi connectivity index (χ2n) is 6.02. The number of rotatable bonds is 11. The molecule has 0 amide bonds. The topological polar surface area (TPSA) is 65.0 Å². The van der Waals surface area contributed by atoms with Crippen molar-refractivity contribution >= 4 is 6.16 Å². The van der Waals surface area contributed by atoms with Crippen LogP contribution < -0.4 is 0 Å². The van der Waals surface area contributed by atoms with Gasteiger partial charge in [0.05, 0.1) is 5.60 Å². The summed E-state index contributed by atoms with van der Waals surface area (Å²) in [6, 6.07) is 0. The Morgan fingerprint density at radius 2 is 1.60 bits per heavy atom. The van der Waals surface area contributed by atoms with Crippen LogP contribution in [0.25, 0.3) is 0 Å². The fourth-order valence-electron chi connectivity index (χ4n) is 1.71. The van der Waals surface area contributed by atoms with Crippen molar-refractivity contribution in [1.29, 1.82) is 0 Å². The van der Waals surface area contributed by atoms with Crippen molar-refractivity contribution in [3.8, 4) is 0 Å². The molecule has 1 N–H and O–H groups in total. The van der Waals surface area contributed by atoms with E-state index in [9.17, 15) is 4.79 Å². The first-order valence-corrected chi connectivity index (χ1v) is 7.59. The van der Waals surface area contributed by atoms with Gasteiger partial charge in [-0.1, -0.05) is 45.4 Å². The van der Waals surface area contributed by atoms with Crippen molar-refractivity contribution in [2.45, 2.75) is 91.0 Å². The van der Waals surface area contributed by atoms with Gasteiger partial charge in [0.2, 0.25) is 6.29 Å². The lowest BCUT2D eigenvalue weighted by Gasteiger charge is -2.22. The normalized spacial score (nSPS) is 13.2. The van der Waals surface area contributed by atoms with E-state index in [-0.39, 0.29) is 0 Å². The van der Waals surface area contributed by atoms with Gasteiger partial charge in [0.25, 0.3) is 0 Å². The summed E-state index contributed by atoms with van der Waals surface area (Å²) in [7, 11) is 0. The maximum absolute atomic E-state index is 10.6. The molecule has 0 saturated carbocycles. The van der Waals surface area contributed by atoms with Crippen molar-refractivity contribution in [1.82, 2.24) is 0 Å². The van der Waals surface area contributed by atoms with E-state index in [2.05, 4.69) is 11.7 Å². The molecule has 0 heterocycles. The van der Waals surface area contributed by atoms with Crippen molar-refractivity contribution in [2.75, 3.05) is 0 Å². The second kappa shape index (κ2) is 10.9. The first kappa shape index (κ1) is 19.2. The first-order chi connectivity index (χ1) is 9.35. The number of ether oxygens (including phenoxy) is 1. The fourth-order valence-corrected chi connectivity index (χ4v) is 1.71. The van der Waals surface area contributed by atoms with Crippen LogP contribution >= 0.6 is 0 Å². The van der Waals surface area contributed by atoms with Crippen molar-refractivity contribution in [3.05, 3.63) is 0 Å². The number of unbranched alkanes of at least 4 members (excludes halogenated alkanes) is 6. The van der Waals surface area contributed by atoms with Crippen LogP contribution in [0.1, 0.15) is 79.1 Å². The van der Waals surface area contributed by atoms with E-state index < -0.39 is 18.0 Å². The van der Waals surface area contributed by atoms with Crippen LogP contribution in [-0.4, -0.2) is 23.2 Å². The molecule has 0 spiro atoms. The molecular weight excluding hydrogens is 260 g/mol. The highest BCUT2D eigenvalue weighted by molar-refractivity contribution is 5.56. The Morgan fingerprint density at radius 1 is 1.05 bits per heavy atom. The maximum Gasteiger partial charge on any atom is 0.508 e. The Labute approximate surface area is 122 Å². The van der Waals surface area contributed by atoms with E-state index in [1.165, 1.54) is 32.1 Å². The third-order valence-electron chi connectivity index (χ3n) is 2.68. The van der Waals surface area contributed by atoms with Crippen LogP contribution in [0.3, 0.4) is 0 Å². The summed E-state index contributed by atoms with van der Waals surface area (Å²) < 4.78 is 4.66. The molecule has 0 radical (unpaired) electrons. The quantitative estimate of drug-likeness (QED) is 0.193. The SMILES string of the molecule is CCCCCCCCCC(OOC(C)(C)C)OC(=O)O. The van der Waals surface area contributed by atoms with Gasteiger partial charge in [-0.2, -0.15) is 4.89 Å². The Bertz CT molecular complexity index is 247. The molecule has 0 aromatic carbocycles. The Hall–Kier alpha value is -0.810. The van der Waals surface area contributed by atoms with E-state index in [0.29, 0.717) is 6.42 Å². The van der Waals surface area contributed by atoms with Crippen LogP contribution in [0.2, 0.25) is 0 Å². The lowest BCUT2D eigenvalue weighted by Crippen LogP contribution is -2.27. The van der Waals surface area contributed by atoms with Gasteiger partial charge in [-0.25, -0.2) is 9.68 Å². The molecule has 0 aliphatic carbocycles. The van der Waals surface area contributed by atoms with Crippen molar-refractivity contribution in [2.24, 2.45) is 0 Å². The Kier molecular flexibility index (Phi) is 10.5. The zero-order chi connectivity index (χ0) is 15.4. The average Bonchev–Trinajstić information content (AvgIpc) is 2.33. The highest BCUT2D eigenvalue weighted by Crippen LogP contribution is 2.15. The number of carbonyl (C=O) groups is 1. The van der Waals surface area contributed by atoms with Gasteiger partial charge >= 0.3 is 6.16 Å². The van der Waals surface area contributed by atoms with E-state index in [0.717, 1.165) is 12.8 Å². The summed E-state index contributed by atoms with van der Waals surface area (Å²) in [5, 5.41) is 8.66. The fraction of sp³-hybridized carbons (Fsp3) is 0.933. The monoisotopic (exact) mass is 290 g/mol. The standard InChI is InChI=1S/C15H30O5/c1-5-6-7-8-9-10-11-12-13(18-14(16)17)19-20-15(2,3)4/h13H,5-12H2,1-4H3,(H,16,17). The summed E-state index contributed by atoms with van der Waals surface area (Å²) in [6.45, 7) is 7.69. The molecule has 0 saturated heterocycles. The Balaban J connectivity index is 3.78. The summed E-state index contributed by atoms with van der Waals surface area (Å²) in [4.78, 5) is 20.8. The maximum atomic E-state index is 10.6. The molecule has 0 aliphatic rings. The molecule has 5 nitrogen and oxygen atoms in total. The van der Waals surface area contributed by atoms with Gasteiger partial charge < -0.3 is 9.84 Å². The molecule has 0 fully saturated rings. The molecule has 0 aliphatic heterocycles. The summed E-state index contributed by atoms with van der Waals surface area (Å²) in [5.41, 5.74) is -0.486. The lowest BCUT2D eigenvalue weighted by atomic mass is 10.1. The number of hydrogen-bond acceptors (Lipinski definition) is 4. The lowest BCUT2D eigenvalue weighted by molar-refractivity contribution is -0.409. The molecule has 0 rings (SSSR count). The molecule has 5 heteroatoms. The minimum Gasteiger partial charge on any atom is -0.450 e. The summed E-state index contributed by atoms with van der Waals surface area (Å²) in [6.07, 6.45) is 6.47. The highest BCUT2D eigenvalue weighted by atomic mass is 17.2. The summed E-state index contributed by atoms with van der Waals surface area (Å²) >= 11 is 0. The van der Waals surface area contributed by atoms with Gasteiger partial charge in [0, 0.05) is 6.42 Å². The van der Waals surface area contributed by atoms with Gasteiger partial charge in [-0.05, 0) is 27.2 Å². The predicted molar refractivity (Wildman–Crippen MR) is 77.4 cm³/mol. The first-order valence-electron chi connectivity index (χ1n) is 7.59. The number of carboxylic acid groups (broad SMARTS) is 1. The van der Waals surface area contributed by atoms with Gasteiger partial charge in [0.15, 0.2) is 0 Å². The van der Waals surface area contributed by atoms with Crippen LogP contribution in [-0.2, 0) is 14.5 Å². The predicted octanol–water partition coefficient (Wildman–Crippen LogP) is 4.89. The van der Waals surface area contributed by atoms with Crippen molar-refractivity contribution < 1.29 is 24.4 Å². The zero-order valence-electron chi connectivity index (χ0n) is 13.3. The smallest absolute Gasteiger partial charge is 0.450 e. The van der Waals surface area contributed by atoms with Gasteiger partial charge in [-0.15, -0.1) is 0 Å². The van der Waals surface area contributed by atoms with Crippen LogP contribution in [0, 0.1) is 0 Å². The molecule has 20 heavy (non-hydrogen) atoms. The zero-order valence-corrected chi connectivity index (χ0v) is 13.3. The minimum absolute atomic E-state index is 0.486. The largest absolute Gasteiger partial charge is 0.508 e. The molecule has 1 unspecified atom stereocenters. The molecule has 0 aromatic rings. The van der Waals surface area contributed by atoms with Crippen LogP contribution in [0.15, 0.2) is 0 Å². The van der Waals surface area contributed by atoms with Gasteiger partial charge in [0.1, 0.15) is 0 Å². The summed E-state index contributed by atoms with van der Waals surface area (Å²) in [5.74, 6) is 0. The average molecular weight is 290 g/mol. The molecule has 0 bridgehead atoms. The van der Waals surface area contributed by atoms with E-state index in [4.69, 9.17) is 14.9 Å². The molecule has 1 atom stereocenters. The number of hydrogen-bond donors (Lipinski definition) is 1. The van der Waals surface area contributed by atoms with E-state index >= 15 is 0 Å². The highest BCUT2D eigenvalue weighted by Gasteiger charge is 2.19. The molecular formula is C15H30O5. The third kappa shape index (κ3) is 13.6. The van der Waals surface area contributed by atoms with Crippen molar-refractivity contribution in [3.63, 3.8) is 0 Å². The Morgan fingerprint density at radius 3 is 2.10 bits per heavy atom.